The minimum Gasteiger partial charge on any atom is -0.477 e. The third kappa shape index (κ3) is 8.11. The number of ether oxygens (including phenoxy) is 2. The van der Waals surface area contributed by atoms with E-state index in [9.17, 15) is 18.3 Å². The maximum Gasteiger partial charge on any atom is 0.451 e. The lowest BCUT2D eigenvalue weighted by Crippen LogP contribution is -2.25. The van der Waals surface area contributed by atoms with E-state index in [2.05, 4.69) is 34.7 Å². The molecule has 0 spiro atoms. The van der Waals surface area contributed by atoms with Crippen LogP contribution < -0.4 is 4.74 Å². The van der Waals surface area contributed by atoms with Crippen molar-refractivity contribution in [1.82, 2.24) is 19.7 Å². The summed E-state index contributed by atoms with van der Waals surface area (Å²) < 4.78 is 52.7. The Morgan fingerprint density at radius 2 is 1.70 bits per heavy atom. The molecule has 0 fully saturated rings. The molecule has 0 bridgehead atoms. The molecule has 0 radical (unpaired) electrons. The number of rotatable bonds is 11. The number of aromatic nitrogens is 4. The van der Waals surface area contributed by atoms with Gasteiger partial charge in [0.1, 0.15) is 6.73 Å². The lowest BCUT2D eigenvalue weighted by atomic mass is 9.96. The normalized spacial score (nSPS) is 12.7. The van der Waals surface area contributed by atoms with Crippen LogP contribution in [0.3, 0.4) is 0 Å². The number of benzene rings is 1. The van der Waals surface area contributed by atoms with Crippen molar-refractivity contribution in [2.45, 2.75) is 59.4 Å². The summed E-state index contributed by atoms with van der Waals surface area (Å²) in [6, 6.07) is 9.64. The Hall–Kier alpha value is -2.76. The molecule has 0 atom stereocenters. The molecule has 37 heavy (non-hydrogen) atoms. The number of nitrogens with zero attached hydrogens (tertiary/aromatic N) is 4. The number of alkyl halides is 3. The van der Waals surface area contributed by atoms with Crippen LogP contribution in [-0.4, -0.2) is 52.7 Å². The second kappa shape index (κ2) is 11.3. The van der Waals surface area contributed by atoms with Crippen LogP contribution in [0.1, 0.15) is 25.2 Å². The molecule has 3 aromatic rings. The first kappa shape index (κ1) is 28.8. The Labute approximate surface area is 216 Å². The second-order valence-corrected chi connectivity index (χ2v) is 16.8. The standard InChI is InChI=1S/C26H35F3N4O3Si/c1-18-13-22(36-16-25(2,3)15-34)30-14-21(18)19-7-9-20(10-8-19)23-31-24(26(27,28)29)33(32-23)17-35-11-12-37(4,5)6/h7-10,13-14,34H,11-12,15-17H2,1-6H3. The predicted octanol–water partition coefficient (Wildman–Crippen LogP) is 6.04. The van der Waals surface area contributed by atoms with Crippen molar-refractivity contribution in [3.8, 4) is 28.4 Å². The van der Waals surface area contributed by atoms with Crippen molar-refractivity contribution in [1.29, 1.82) is 0 Å². The Bertz CT molecular complexity index is 1190. The van der Waals surface area contributed by atoms with Gasteiger partial charge in [-0.15, -0.1) is 5.10 Å². The van der Waals surface area contributed by atoms with E-state index < -0.39 is 20.1 Å². The molecule has 1 N–H and O–H groups in total. The molecule has 2 aromatic heterocycles. The van der Waals surface area contributed by atoms with Crippen molar-refractivity contribution >= 4 is 8.07 Å². The molecule has 0 saturated carbocycles. The topological polar surface area (TPSA) is 82.3 Å². The van der Waals surface area contributed by atoms with E-state index in [4.69, 9.17) is 9.47 Å². The Kier molecular flexibility index (Phi) is 8.81. The van der Waals surface area contributed by atoms with Crippen molar-refractivity contribution in [3.05, 3.63) is 47.9 Å². The summed E-state index contributed by atoms with van der Waals surface area (Å²) in [5.74, 6) is -0.641. The summed E-state index contributed by atoms with van der Waals surface area (Å²) in [7, 11) is -1.36. The van der Waals surface area contributed by atoms with Gasteiger partial charge in [-0.3, -0.25) is 0 Å². The van der Waals surface area contributed by atoms with Crippen LogP contribution in [0.5, 0.6) is 5.88 Å². The van der Waals surface area contributed by atoms with Gasteiger partial charge in [0.05, 0.1) is 13.2 Å². The quantitative estimate of drug-likeness (QED) is 0.238. The van der Waals surface area contributed by atoms with Crippen LogP contribution in [0.25, 0.3) is 22.5 Å². The maximum atomic E-state index is 13.6. The molecule has 7 nitrogen and oxygen atoms in total. The van der Waals surface area contributed by atoms with Crippen molar-refractivity contribution < 1.29 is 27.8 Å². The highest BCUT2D eigenvalue weighted by molar-refractivity contribution is 6.76. The molecule has 202 valence electrons. The van der Waals surface area contributed by atoms with Gasteiger partial charge in [-0.05, 0) is 24.1 Å². The number of pyridine rings is 1. The molecule has 0 aliphatic rings. The average Bonchev–Trinajstić information content (AvgIpc) is 3.25. The van der Waals surface area contributed by atoms with Crippen LogP contribution in [0.4, 0.5) is 13.2 Å². The predicted molar refractivity (Wildman–Crippen MR) is 139 cm³/mol. The van der Waals surface area contributed by atoms with Crippen LogP contribution >= 0.6 is 0 Å². The Morgan fingerprint density at radius 3 is 2.27 bits per heavy atom. The maximum absolute atomic E-state index is 13.6. The van der Waals surface area contributed by atoms with Crippen molar-refractivity contribution in [2.75, 3.05) is 19.8 Å². The molecule has 0 saturated heterocycles. The summed E-state index contributed by atoms with van der Waals surface area (Å²) >= 11 is 0. The van der Waals surface area contributed by atoms with E-state index in [1.54, 1.807) is 30.5 Å². The molecule has 0 aliphatic heterocycles. The third-order valence-corrected chi connectivity index (χ3v) is 7.42. The summed E-state index contributed by atoms with van der Waals surface area (Å²) in [6.45, 7) is 12.6. The molecular formula is C26H35F3N4O3Si. The van der Waals surface area contributed by atoms with Crippen LogP contribution in [0, 0.1) is 12.3 Å². The fraction of sp³-hybridized carbons (Fsp3) is 0.500. The van der Waals surface area contributed by atoms with Crippen molar-refractivity contribution in [3.63, 3.8) is 0 Å². The van der Waals surface area contributed by atoms with Crippen molar-refractivity contribution in [2.24, 2.45) is 5.41 Å². The van der Waals surface area contributed by atoms with E-state index in [0.717, 1.165) is 27.4 Å². The van der Waals surface area contributed by atoms with E-state index in [0.29, 0.717) is 24.7 Å². The molecule has 1 aromatic carbocycles. The fourth-order valence-electron chi connectivity index (χ4n) is 3.32. The van der Waals surface area contributed by atoms with Gasteiger partial charge in [0, 0.05) is 43.5 Å². The number of hydrogen-bond acceptors (Lipinski definition) is 6. The monoisotopic (exact) mass is 536 g/mol. The summed E-state index contributed by atoms with van der Waals surface area (Å²) in [4.78, 5) is 8.12. The molecule has 0 aliphatic carbocycles. The summed E-state index contributed by atoms with van der Waals surface area (Å²) in [6.07, 6.45) is -2.95. The molecule has 0 amide bonds. The van der Waals surface area contributed by atoms with Gasteiger partial charge in [0.25, 0.3) is 0 Å². The minimum absolute atomic E-state index is 0.000396. The molecular weight excluding hydrogens is 501 g/mol. The fourth-order valence-corrected chi connectivity index (χ4v) is 4.08. The molecule has 11 heteroatoms. The molecule has 3 rings (SSSR count). The van der Waals surface area contributed by atoms with Gasteiger partial charge >= 0.3 is 6.18 Å². The Morgan fingerprint density at radius 1 is 1.05 bits per heavy atom. The number of aliphatic hydroxyl groups excluding tert-OH is 1. The Balaban J connectivity index is 1.76. The highest BCUT2D eigenvalue weighted by Gasteiger charge is 2.38. The number of aryl methyl sites for hydroxylation is 1. The molecule has 2 heterocycles. The van der Waals surface area contributed by atoms with E-state index in [1.807, 2.05) is 26.8 Å². The minimum atomic E-state index is -4.65. The van der Waals surface area contributed by atoms with Crippen LogP contribution in [0.15, 0.2) is 36.5 Å². The average molecular weight is 537 g/mol. The first-order chi connectivity index (χ1) is 17.2. The second-order valence-electron chi connectivity index (χ2n) is 11.1. The summed E-state index contributed by atoms with van der Waals surface area (Å²) in [5, 5.41) is 13.5. The van der Waals surface area contributed by atoms with Gasteiger partial charge < -0.3 is 14.6 Å². The van der Waals surface area contributed by atoms with Gasteiger partial charge in [-0.2, -0.15) is 13.2 Å². The van der Waals surface area contributed by atoms with E-state index in [-0.39, 0.29) is 24.6 Å². The number of aliphatic hydroxyl groups is 1. The zero-order valence-corrected chi connectivity index (χ0v) is 23.2. The van der Waals surface area contributed by atoms with Crippen LogP contribution in [-0.2, 0) is 17.6 Å². The van der Waals surface area contributed by atoms with Gasteiger partial charge in [0.2, 0.25) is 11.7 Å². The largest absolute Gasteiger partial charge is 0.477 e. The van der Waals surface area contributed by atoms with E-state index in [1.165, 1.54) is 0 Å². The first-order valence-corrected chi connectivity index (χ1v) is 15.8. The highest BCUT2D eigenvalue weighted by Crippen LogP contribution is 2.31. The van der Waals surface area contributed by atoms with Gasteiger partial charge in [-0.25, -0.2) is 14.6 Å². The number of hydrogen-bond donors (Lipinski definition) is 1. The van der Waals surface area contributed by atoms with E-state index >= 15 is 0 Å². The molecule has 0 unspecified atom stereocenters. The number of halogens is 3. The lowest BCUT2D eigenvalue weighted by Gasteiger charge is -2.21. The van der Waals surface area contributed by atoms with Crippen LogP contribution in [0.2, 0.25) is 25.7 Å². The SMILES string of the molecule is Cc1cc(OCC(C)(C)CO)ncc1-c1ccc(-c2nc(C(F)(F)F)n(COCC[Si](C)(C)C)n2)cc1. The zero-order valence-electron chi connectivity index (χ0n) is 22.2. The van der Waals surface area contributed by atoms with Gasteiger partial charge in [-0.1, -0.05) is 57.8 Å². The third-order valence-electron chi connectivity index (χ3n) is 5.71. The first-order valence-electron chi connectivity index (χ1n) is 12.1. The lowest BCUT2D eigenvalue weighted by molar-refractivity contribution is -0.150. The zero-order chi connectivity index (χ0) is 27.4. The van der Waals surface area contributed by atoms with Gasteiger partial charge in [0.15, 0.2) is 5.82 Å². The highest BCUT2D eigenvalue weighted by atomic mass is 28.3. The summed E-state index contributed by atoms with van der Waals surface area (Å²) in [5.41, 5.74) is 2.73. The smallest absolute Gasteiger partial charge is 0.451 e.